The molecular weight excluding hydrogens is 511 g/mol. The fraction of sp³-hybridized carbons (Fsp3) is 0.161. The van der Waals surface area contributed by atoms with Crippen molar-refractivity contribution >= 4 is 55.4 Å². The predicted octanol–water partition coefficient (Wildman–Crippen LogP) is 8.36. The third-order valence-corrected chi connectivity index (χ3v) is 7.56. The summed E-state index contributed by atoms with van der Waals surface area (Å²) in [5, 5.41) is 17.1. The molecular formula is C31H29FN4O2S. The Morgan fingerprint density at radius 1 is 1.18 bits per heavy atom. The van der Waals surface area contributed by atoms with Crippen LogP contribution in [-0.4, -0.2) is 22.7 Å². The van der Waals surface area contributed by atoms with Gasteiger partial charge in [0.15, 0.2) is 5.13 Å². The van der Waals surface area contributed by atoms with Crippen LogP contribution in [0.3, 0.4) is 0 Å². The summed E-state index contributed by atoms with van der Waals surface area (Å²) in [7, 11) is 0. The standard InChI is InChI=1S/C31H29FN4O2S/c1-5-9-19(10-6-2)21-14-16-25(37)28-27(21)31(3,4)18-36(28)24-12-8-7-11-22(24)33-29(38)35-30-34-23-15-13-20(32)17-26(23)39-30/h5-17,37H,1,18H2,2-4H3,(H2,33,34,35,38)/b10-6-,19-9+. The molecule has 3 aromatic carbocycles. The number of aromatic hydroxyl groups is 1. The number of nitrogens with zero attached hydrogens (tertiary/aromatic N) is 2. The molecule has 8 heteroatoms. The van der Waals surface area contributed by atoms with Gasteiger partial charge in [0, 0.05) is 12.0 Å². The number of para-hydroxylation sites is 2. The number of hydrogen-bond donors (Lipinski definition) is 3. The fourth-order valence-electron chi connectivity index (χ4n) is 5.10. The zero-order chi connectivity index (χ0) is 27.7. The zero-order valence-electron chi connectivity index (χ0n) is 22.0. The molecule has 2 heterocycles. The normalized spacial score (nSPS) is 14.6. The minimum Gasteiger partial charge on any atom is -0.506 e. The van der Waals surface area contributed by atoms with Crippen LogP contribution in [0.5, 0.6) is 5.75 Å². The van der Waals surface area contributed by atoms with Gasteiger partial charge < -0.3 is 15.3 Å². The number of anilines is 4. The molecule has 198 valence electrons. The van der Waals surface area contributed by atoms with E-state index in [2.05, 4.69) is 36.0 Å². The lowest BCUT2D eigenvalue weighted by Crippen LogP contribution is -2.27. The number of phenols is 1. The van der Waals surface area contributed by atoms with Crippen LogP contribution in [-0.2, 0) is 5.41 Å². The van der Waals surface area contributed by atoms with Crippen molar-refractivity contribution in [3.8, 4) is 5.75 Å². The van der Waals surface area contributed by atoms with Crippen molar-refractivity contribution in [2.24, 2.45) is 0 Å². The van der Waals surface area contributed by atoms with Crippen LogP contribution in [0, 0.1) is 5.82 Å². The Hall–Kier alpha value is -4.43. The van der Waals surface area contributed by atoms with Crippen LogP contribution < -0.4 is 15.5 Å². The number of phenolic OH excluding ortho intramolecular Hbond substituents is 1. The van der Waals surface area contributed by atoms with E-state index in [0.29, 0.717) is 33.3 Å². The first-order valence-corrected chi connectivity index (χ1v) is 13.4. The number of urea groups is 1. The van der Waals surface area contributed by atoms with Crippen molar-refractivity contribution in [1.82, 2.24) is 4.98 Å². The van der Waals surface area contributed by atoms with Gasteiger partial charge in [-0.2, -0.15) is 0 Å². The minimum atomic E-state index is -0.470. The quantitative estimate of drug-likeness (QED) is 0.215. The maximum Gasteiger partial charge on any atom is 0.325 e. The summed E-state index contributed by atoms with van der Waals surface area (Å²) in [6, 6.07) is 15.0. The van der Waals surface area contributed by atoms with Crippen molar-refractivity contribution in [1.29, 1.82) is 0 Å². The average Bonchev–Trinajstić information content (AvgIpc) is 3.41. The van der Waals surface area contributed by atoms with Crippen LogP contribution in [0.4, 0.5) is 31.4 Å². The number of halogens is 1. The van der Waals surface area contributed by atoms with E-state index in [9.17, 15) is 14.3 Å². The summed E-state index contributed by atoms with van der Waals surface area (Å²) in [4.78, 5) is 19.4. The number of amides is 2. The molecule has 0 atom stereocenters. The number of benzene rings is 3. The highest BCUT2D eigenvalue weighted by atomic mass is 32.1. The number of carbonyl (C=O) groups excluding carboxylic acids is 1. The van der Waals surface area contributed by atoms with Gasteiger partial charge in [-0.05, 0) is 60.0 Å². The Morgan fingerprint density at radius 3 is 2.74 bits per heavy atom. The van der Waals surface area contributed by atoms with Crippen LogP contribution in [0.15, 0.2) is 85.5 Å². The third-order valence-electron chi connectivity index (χ3n) is 6.63. The smallest absolute Gasteiger partial charge is 0.325 e. The molecule has 1 aliphatic heterocycles. The van der Waals surface area contributed by atoms with E-state index in [0.717, 1.165) is 22.4 Å². The largest absolute Gasteiger partial charge is 0.506 e. The molecule has 0 fully saturated rings. The molecule has 3 N–H and O–H groups in total. The van der Waals surface area contributed by atoms with Crippen molar-refractivity contribution in [2.75, 3.05) is 22.1 Å². The first-order chi connectivity index (χ1) is 18.7. The number of nitrogens with one attached hydrogen (secondary N) is 2. The van der Waals surface area contributed by atoms with Crippen molar-refractivity contribution in [3.05, 3.63) is 102 Å². The number of carbonyl (C=O) groups is 1. The lowest BCUT2D eigenvalue weighted by atomic mass is 9.81. The van der Waals surface area contributed by atoms with E-state index >= 15 is 0 Å². The maximum atomic E-state index is 13.6. The zero-order valence-corrected chi connectivity index (χ0v) is 22.8. The number of thiazole rings is 1. The van der Waals surface area contributed by atoms with E-state index in [1.54, 1.807) is 18.2 Å². The van der Waals surface area contributed by atoms with E-state index in [4.69, 9.17) is 0 Å². The van der Waals surface area contributed by atoms with Gasteiger partial charge in [-0.1, -0.05) is 74.3 Å². The highest BCUT2D eigenvalue weighted by Gasteiger charge is 2.40. The first-order valence-electron chi connectivity index (χ1n) is 12.5. The molecule has 0 saturated heterocycles. The topological polar surface area (TPSA) is 77.5 Å². The number of allylic oxidation sites excluding steroid dienone is 5. The molecule has 5 rings (SSSR count). The van der Waals surface area contributed by atoms with Crippen LogP contribution in [0.1, 0.15) is 31.9 Å². The number of aromatic nitrogens is 1. The maximum absolute atomic E-state index is 13.6. The molecule has 0 saturated carbocycles. The molecule has 4 aromatic rings. The average molecular weight is 541 g/mol. The summed E-state index contributed by atoms with van der Waals surface area (Å²) < 4.78 is 14.2. The monoisotopic (exact) mass is 540 g/mol. The second-order valence-electron chi connectivity index (χ2n) is 9.91. The van der Waals surface area contributed by atoms with Gasteiger partial charge in [0.1, 0.15) is 11.6 Å². The van der Waals surface area contributed by atoms with E-state index < -0.39 is 6.03 Å². The van der Waals surface area contributed by atoms with Crippen molar-refractivity contribution in [3.63, 3.8) is 0 Å². The highest BCUT2D eigenvalue weighted by molar-refractivity contribution is 7.22. The number of rotatable bonds is 6. The van der Waals surface area contributed by atoms with Crippen LogP contribution >= 0.6 is 11.3 Å². The fourth-order valence-corrected chi connectivity index (χ4v) is 5.98. The van der Waals surface area contributed by atoms with Gasteiger partial charge in [-0.3, -0.25) is 5.32 Å². The number of hydrogen-bond acceptors (Lipinski definition) is 5. The molecule has 0 aliphatic carbocycles. The predicted molar refractivity (Wildman–Crippen MR) is 160 cm³/mol. The summed E-state index contributed by atoms with van der Waals surface area (Å²) in [6.45, 7) is 10.7. The van der Waals surface area contributed by atoms with Gasteiger partial charge in [-0.15, -0.1) is 0 Å². The first kappa shape index (κ1) is 26.2. The summed E-state index contributed by atoms with van der Waals surface area (Å²) in [5.74, 6) is -0.187. The van der Waals surface area contributed by atoms with Gasteiger partial charge in [0.25, 0.3) is 0 Å². The van der Waals surface area contributed by atoms with Crippen LogP contribution in [0.25, 0.3) is 15.8 Å². The Morgan fingerprint density at radius 2 is 1.97 bits per heavy atom. The van der Waals surface area contributed by atoms with E-state index in [-0.39, 0.29) is 17.0 Å². The molecule has 39 heavy (non-hydrogen) atoms. The lowest BCUT2D eigenvalue weighted by molar-refractivity contribution is 0.262. The molecule has 0 unspecified atom stereocenters. The highest BCUT2D eigenvalue weighted by Crippen LogP contribution is 2.52. The molecule has 2 amide bonds. The second-order valence-corrected chi connectivity index (χ2v) is 10.9. The van der Waals surface area contributed by atoms with Gasteiger partial charge in [0.2, 0.25) is 0 Å². The molecule has 1 aromatic heterocycles. The van der Waals surface area contributed by atoms with E-state index in [1.165, 1.54) is 23.5 Å². The third kappa shape index (κ3) is 5.03. The summed E-state index contributed by atoms with van der Waals surface area (Å²) >= 11 is 1.20. The Balaban J connectivity index is 1.50. The molecule has 6 nitrogen and oxygen atoms in total. The minimum absolute atomic E-state index is 0.165. The van der Waals surface area contributed by atoms with Crippen molar-refractivity contribution in [2.45, 2.75) is 26.2 Å². The van der Waals surface area contributed by atoms with Crippen LogP contribution in [0.2, 0.25) is 0 Å². The summed E-state index contributed by atoms with van der Waals surface area (Å²) in [6.07, 6.45) is 7.73. The Labute approximate surface area is 230 Å². The molecule has 0 bridgehead atoms. The second kappa shape index (κ2) is 10.4. The molecule has 0 spiro atoms. The van der Waals surface area contributed by atoms with E-state index in [1.807, 2.05) is 60.4 Å². The Kier molecular flexibility index (Phi) is 6.97. The SMILES string of the molecule is C=C/C=C(\C=C/C)c1ccc(O)c2c1C(C)(C)CN2c1ccccc1NC(=O)Nc1nc2ccc(F)cc2s1. The molecule has 1 aliphatic rings. The van der Waals surface area contributed by atoms with Gasteiger partial charge in [0.05, 0.1) is 27.3 Å². The lowest BCUT2D eigenvalue weighted by Gasteiger charge is -2.25. The Bertz CT molecular complexity index is 1650. The number of fused-ring (bicyclic) bond motifs is 2. The van der Waals surface area contributed by atoms with Gasteiger partial charge in [-0.25, -0.2) is 14.2 Å². The van der Waals surface area contributed by atoms with Gasteiger partial charge >= 0.3 is 6.03 Å². The summed E-state index contributed by atoms with van der Waals surface area (Å²) in [5.41, 5.74) is 5.38. The van der Waals surface area contributed by atoms with Crippen molar-refractivity contribution < 1.29 is 14.3 Å². The molecule has 0 radical (unpaired) electrons.